The van der Waals surface area contributed by atoms with E-state index in [0.717, 1.165) is 17.0 Å². The van der Waals surface area contributed by atoms with Crippen LogP contribution in [0.25, 0.3) is 0 Å². The Bertz CT molecular complexity index is 612. The maximum absolute atomic E-state index is 11.4. The largest absolute Gasteiger partial charge is 0.465 e. The van der Waals surface area contributed by atoms with Crippen LogP contribution in [0.5, 0.6) is 0 Å². The van der Waals surface area contributed by atoms with E-state index in [9.17, 15) is 9.18 Å². The molecule has 0 amide bonds. The molecule has 0 spiro atoms. The van der Waals surface area contributed by atoms with Crippen LogP contribution in [-0.2, 0) is 4.74 Å². The molecule has 144 valence electrons. The van der Waals surface area contributed by atoms with Gasteiger partial charge in [-0.1, -0.05) is 58.7 Å². The van der Waals surface area contributed by atoms with Gasteiger partial charge >= 0.3 is 5.97 Å². The van der Waals surface area contributed by atoms with E-state index in [1.54, 1.807) is 18.2 Å². The number of methoxy groups -OCH3 is 1. The smallest absolute Gasteiger partial charge is 0.337 e. The van der Waals surface area contributed by atoms with E-state index < -0.39 is 0 Å². The number of rotatable bonds is 6. The molecule has 0 heterocycles. The molecule has 4 heteroatoms. The van der Waals surface area contributed by atoms with Gasteiger partial charge in [0.1, 0.15) is 0 Å². The number of nitrogens with one attached hydrogen (secondary N) is 1. The molecule has 1 aromatic rings. The van der Waals surface area contributed by atoms with Crippen LogP contribution in [-0.4, -0.2) is 13.1 Å². The van der Waals surface area contributed by atoms with E-state index in [1.807, 2.05) is 39.0 Å². The van der Waals surface area contributed by atoms with Crippen molar-refractivity contribution >= 4 is 5.97 Å². The molecular formula is C22H32FNO2. The molecule has 0 saturated heterocycles. The molecule has 0 fully saturated rings. The summed E-state index contributed by atoms with van der Waals surface area (Å²) in [6.45, 7) is 19.9. The van der Waals surface area contributed by atoms with Gasteiger partial charge in [-0.05, 0) is 37.6 Å². The molecule has 0 bridgehead atoms. The molecule has 0 aromatic heterocycles. The Labute approximate surface area is 158 Å². The molecule has 1 atom stereocenters. The minimum atomic E-state index is -0.333. The Kier molecular flexibility index (Phi) is 14.5. The summed E-state index contributed by atoms with van der Waals surface area (Å²) in [4.78, 5) is 11.4. The van der Waals surface area contributed by atoms with Crippen LogP contribution in [0.4, 0.5) is 4.39 Å². The summed E-state index contributed by atoms with van der Waals surface area (Å²) < 4.78 is 15.5. The monoisotopic (exact) mass is 361 g/mol. The predicted molar refractivity (Wildman–Crippen MR) is 110 cm³/mol. The summed E-state index contributed by atoms with van der Waals surface area (Å²) in [7, 11) is 1.37. The Morgan fingerprint density at radius 2 is 1.65 bits per heavy atom. The van der Waals surface area contributed by atoms with Crippen LogP contribution in [0.3, 0.4) is 0 Å². The minimum absolute atomic E-state index is 0.134. The first-order valence-electron chi connectivity index (χ1n) is 8.47. The fraction of sp³-hybridized carbons (Fsp3) is 0.318. The zero-order valence-electron chi connectivity index (χ0n) is 16.9. The van der Waals surface area contributed by atoms with Crippen molar-refractivity contribution in [1.82, 2.24) is 5.32 Å². The zero-order chi connectivity index (χ0) is 20.7. The Morgan fingerprint density at radius 1 is 1.19 bits per heavy atom. The number of esters is 1. The lowest BCUT2D eigenvalue weighted by molar-refractivity contribution is 0.0600. The number of carbonyl (C=O) groups excluding carboxylic acids is 1. The predicted octanol–water partition coefficient (Wildman–Crippen LogP) is 6.29. The highest BCUT2D eigenvalue weighted by atomic mass is 19.1. The van der Waals surface area contributed by atoms with Crippen molar-refractivity contribution < 1.29 is 13.9 Å². The van der Waals surface area contributed by atoms with Gasteiger partial charge in [-0.3, -0.25) is 0 Å². The number of hydrogen-bond acceptors (Lipinski definition) is 3. The van der Waals surface area contributed by atoms with E-state index in [2.05, 4.69) is 36.7 Å². The second kappa shape index (κ2) is 14.7. The van der Waals surface area contributed by atoms with Gasteiger partial charge in [0.2, 0.25) is 0 Å². The average Bonchev–Trinajstić information content (AvgIpc) is 2.62. The lowest BCUT2D eigenvalue weighted by Crippen LogP contribution is -2.15. The van der Waals surface area contributed by atoms with Gasteiger partial charge in [-0.25, -0.2) is 9.18 Å². The van der Waals surface area contributed by atoms with Crippen LogP contribution < -0.4 is 5.32 Å². The van der Waals surface area contributed by atoms with Crippen LogP contribution in [0, 0.1) is 0 Å². The maximum atomic E-state index is 11.4. The van der Waals surface area contributed by atoms with Crippen molar-refractivity contribution in [2.75, 3.05) is 7.11 Å². The summed E-state index contributed by atoms with van der Waals surface area (Å²) in [6, 6.07) is 7.35. The lowest BCUT2D eigenvalue weighted by atomic mass is 9.97. The molecule has 3 nitrogen and oxygen atoms in total. The van der Waals surface area contributed by atoms with Gasteiger partial charge in [-0.15, -0.1) is 0 Å². The topological polar surface area (TPSA) is 38.3 Å². The maximum Gasteiger partial charge on any atom is 0.337 e. The van der Waals surface area contributed by atoms with Gasteiger partial charge in [-0.2, -0.15) is 0 Å². The van der Waals surface area contributed by atoms with Crippen molar-refractivity contribution in [1.29, 1.82) is 0 Å². The Morgan fingerprint density at radius 3 is 2.04 bits per heavy atom. The normalized spacial score (nSPS) is 10.8. The number of benzene rings is 1. The third-order valence-corrected chi connectivity index (χ3v) is 3.08. The molecule has 26 heavy (non-hydrogen) atoms. The highest BCUT2D eigenvalue weighted by Gasteiger charge is 2.11. The highest BCUT2D eigenvalue weighted by Crippen LogP contribution is 2.22. The number of carbonyl (C=O) groups is 1. The quantitative estimate of drug-likeness (QED) is 0.478. The molecule has 0 radical (unpaired) electrons. The van der Waals surface area contributed by atoms with Crippen molar-refractivity contribution in [2.45, 2.75) is 40.5 Å². The summed E-state index contributed by atoms with van der Waals surface area (Å²) in [5.41, 5.74) is 3.51. The van der Waals surface area contributed by atoms with Crippen molar-refractivity contribution in [2.24, 2.45) is 0 Å². The van der Waals surface area contributed by atoms with Crippen LogP contribution >= 0.6 is 0 Å². The molecule has 0 aliphatic carbocycles. The zero-order valence-corrected chi connectivity index (χ0v) is 16.9. The number of hydrogen-bond donors (Lipinski definition) is 1. The second-order valence-electron chi connectivity index (χ2n) is 5.25. The molecule has 1 unspecified atom stereocenters. The SMILES string of the molecule is C=C(C)F.C=C/C=C(\C)NC(=C)C(C)c1ccc(C(=O)OC)cc1.CC. The fourth-order valence-electron chi connectivity index (χ4n) is 1.81. The second-order valence-corrected chi connectivity index (χ2v) is 5.25. The van der Waals surface area contributed by atoms with E-state index in [4.69, 9.17) is 0 Å². The molecule has 0 saturated carbocycles. The van der Waals surface area contributed by atoms with Crippen LogP contribution in [0.15, 0.2) is 73.4 Å². The van der Waals surface area contributed by atoms with E-state index in [1.165, 1.54) is 14.0 Å². The average molecular weight is 362 g/mol. The lowest BCUT2D eigenvalue weighted by Gasteiger charge is -2.17. The van der Waals surface area contributed by atoms with Gasteiger partial charge in [0.25, 0.3) is 0 Å². The minimum Gasteiger partial charge on any atom is -0.465 e. The van der Waals surface area contributed by atoms with Crippen LogP contribution in [0.2, 0.25) is 0 Å². The first-order chi connectivity index (χ1) is 12.2. The van der Waals surface area contributed by atoms with Crippen molar-refractivity contribution in [3.63, 3.8) is 0 Å². The Hall–Kier alpha value is -2.62. The van der Waals surface area contributed by atoms with Crippen LogP contribution in [0.1, 0.15) is 56.5 Å². The Balaban J connectivity index is 0. The van der Waals surface area contributed by atoms with Gasteiger partial charge in [0.05, 0.1) is 18.5 Å². The summed E-state index contributed by atoms with van der Waals surface area (Å²) in [5, 5.41) is 3.23. The van der Waals surface area contributed by atoms with Gasteiger partial charge in [0.15, 0.2) is 0 Å². The molecule has 0 aliphatic rings. The molecule has 1 rings (SSSR count). The first-order valence-corrected chi connectivity index (χ1v) is 8.47. The molecule has 1 N–H and O–H groups in total. The van der Waals surface area contributed by atoms with Crippen molar-refractivity contribution in [3.05, 3.63) is 84.5 Å². The van der Waals surface area contributed by atoms with Gasteiger partial charge in [0, 0.05) is 17.3 Å². The van der Waals surface area contributed by atoms with E-state index in [0.29, 0.717) is 5.56 Å². The number of ether oxygens (including phenoxy) is 1. The first kappa shape index (κ1) is 25.6. The number of halogens is 1. The summed E-state index contributed by atoms with van der Waals surface area (Å²) in [6.07, 6.45) is 3.61. The van der Waals surface area contributed by atoms with E-state index in [-0.39, 0.29) is 17.7 Å². The fourth-order valence-corrected chi connectivity index (χ4v) is 1.81. The standard InChI is InChI=1S/C17H21NO2.C3H5F.C2H6/c1-6-7-12(2)18-14(4)13(3)15-8-10-16(11-9-15)17(19)20-5;1-3(2)4;1-2/h6-11,13,18H,1,4H2,2-3,5H3;1H2,2H3;1-2H3/b12-7+;;. The molecule has 0 aliphatic heterocycles. The molecular weight excluding hydrogens is 329 g/mol. The summed E-state index contributed by atoms with van der Waals surface area (Å²) >= 11 is 0. The van der Waals surface area contributed by atoms with E-state index >= 15 is 0 Å². The van der Waals surface area contributed by atoms with Crippen molar-refractivity contribution in [3.8, 4) is 0 Å². The third-order valence-electron chi connectivity index (χ3n) is 3.08. The third kappa shape index (κ3) is 11.0. The number of allylic oxidation sites excluding steroid dienone is 5. The summed E-state index contributed by atoms with van der Waals surface area (Å²) in [5.74, 6) is -0.527. The highest BCUT2D eigenvalue weighted by molar-refractivity contribution is 5.89. The van der Waals surface area contributed by atoms with Gasteiger partial charge < -0.3 is 10.1 Å². The molecule has 1 aromatic carbocycles.